The van der Waals surface area contributed by atoms with Crippen LogP contribution >= 0.6 is 0 Å². The lowest BCUT2D eigenvalue weighted by atomic mass is 10.1. The monoisotopic (exact) mass is 321 g/mol. The Hall–Kier alpha value is -2.45. The summed E-state index contributed by atoms with van der Waals surface area (Å²) < 4.78 is 35.9. The van der Waals surface area contributed by atoms with Crippen LogP contribution in [0.2, 0.25) is 0 Å². The third-order valence-corrected chi connectivity index (χ3v) is 3.82. The van der Waals surface area contributed by atoms with Gasteiger partial charge in [-0.15, -0.1) is 0 Å². The highest BCUT2D eigenvalue weighted by atomic mass is 32.2. The normalized spacial score (nSPS) is 11.8. The highest BCUT2D eigenvalue weighted by Gasteiger charge is 2.08. The Bertz CT molecular complexity index is 815. The highest BCUT2D eigenvalue weighted by Crippen LogP contribution is 2.31. The summed E-state index contributed by atoms with van der Waals surface area (Å²) in [7, 11) is -2.70. The summed E-state index contributed by atoms with van der Waals surface area (Å²) in [5.41, 5.74) is 8.16. The zero-order valence-electron chi connectivity index (χ0n) is 12.0. The Balaban J connectivity index is 2.29. The van der Waals surface area contributed by atoms with Crippen molar-refractivity contribution >= 4 is 27.2 Å². The molecule has 0 radical (unpaired) electrons. The van der Waals surface area contributed by atoms with Gasteiger partial charge in [0.15, 0.2) is 0 Å². The zero-order valence-corrected chi connectivity index (χ0v) is 12.8. The second kappa shape index (κ2) is 6.12. The Morgan fingerprint density at radius 1 is 1.14 bits per heavy atom. The number of nitrogens with zero attached hydrogens (tertiary/aromatic N) is 2. The van der Waals surface area contributed by atoms with E-state index in [0.717, 1.165) is 5.56 Å². The minimum Gasteiger partial charge on any atom is -0.495 e. The minimum absolute atomic E-state index is 0.197. The molecule has 116 valence electrons. The van der Waals surface area contributed by atoms with Crippen molar-refractivity contribution in [2.75, 3.05) is 12.8 Å². The molecule has 0 amide bonds. The van der Waals surface area contributed by atoms with Crippen LogP contribution < -0.4 is 10.5 Å². The number of methoxy groups -OCH3 is 1. The molecule has 0 fully saturated rings. The summed E-state index contributed by atoms with van der Waals surface area (Å²) in [6.07, 6.45) is 0. The van der Waals surface area contributed by atoms with E-state index in [2.05, 4.69) is 10.2 Å². The minimum atomic E-state index is -4.21. The molecule has 3 N–H and O–H groups in total. The Kier molecular flexibility index (Phi) is 4.43. The van der Waals surface area contributed by atoms with Crippen LogP contribution in [0.1, 0.15) is 5.56 Å². The molecule has 0 aliphatic heterocycles. The first-order chi connectivity index (χ1) is 10.3. The maximum atomic E-state index is 10.9. The van der Waals surface area contributed by atoms with Gasteiger partial charge in [0.2, 0.25) is 0 Å². The van der Waals surface area contributed by atoms with Crippen molar-refractivity contribution in [2.24, 2.45) is 10.2 Å². The lowest BCUT2D eigenvalue weighted by molar-refractivity contribution is 0.417. The topological polar surface area (TPSA) is 114 Å². The fourth-order valence-corrected chi connectivity index (χ4v) is 2.26. The smallest absolute Gasteiger partial charge is 0.294 e. The molecule has 0 saturated carbocycles. The molecule has 0 heterocycles. The van der Waals surface area contributed by atoms with Crippen molar-refractivity contribution in [3.8, 4) is 5.75 Å². The molecule has 22 heavy (non-hydrogen) atoms. The molecule has 8 heteroatoms. The summed E-state index contributed by atoms with van der Waals surface area (Å²) in [6.45, 7) is 1.84. The summed E-state index contributed by atoms with van der Waals surface area (Å²) in [5.74, 6) is 0.501. The van der Waals surface area contributed by atoms with E-state index in [1.165, 1.54) is 31.4 Å². The molecule has 0 unspecified atom stereocenters. The number of azo groups is 1. The van der Waals surface area contributed by atoms with Crippen LogP contribution in [-0.2, 0) is 10.1 Å². The van der Waals surface area contributed by atoms with E-state index in [0.29, 0.717) is 22.8 Å². The molecule has 0 bridgehead atoms. The van der Waals surface area contributed by atoms with Crippen LogP contribution in [0.25, 0.3) is 0 Å². The summed E-state index contributed by atoms with van der Waals surface area (Å²) in [6, 6.07) is 8.78. The SMILES string of the molecule is COc1cc(N=Nc2ccc(S(=O)(=O)O)cc2)c(C)cc1N. The molecule has 0 spiro atoms. The average Bonchev–Trinajstić information content (AvgIpc) is 2.46. The van der Waals surface area contributed by atoms with Gasteiger partial charge in [0.1, 0.15) is 5.75 Å². The van der Waals surface area contributed by atoms with Crippen molar-refractivity contribution in [3.05, 3.63) is 42.0 Å². The third-order valence-electron chi connectivity index (χ3n) is 2.96. The number of rotatable bonds is 4. The Labute approximate surface area is 128 Å². The quantitative estimate of drug-likeness (QED) is 0.509. The van der Waals surface area contributed by atoms with Crippen molar-refractivity contribution in [1.82, 2.24) is 0 Å². The maximum absolute atomic E-state index is 10.9. The van der Waals surface area contributed by atoms with Gasteiger partial charge in [0.25, 0.3) is 10.1 Å². The van der Waals surface area contributed by atoms with Gasteiger partial charge in [-0.2, -0.15) is 18.6 Å². The Morgan fingerprint density at radius 3 is 2.32 bits per heavy atom. The number of aryl methyl sites for hydroxylation is 1. The van der Waals surface area contributed by atoms with Gasteiger partial charge in [-0.1, -0.05) is 0 Å². The van der Waals surface area contributed by atoms with E-state index < -0.39 is 10.1 Å². The molecule has 0 aromatic heterocycles. The summed E-state index contributed by atoms with van der Waals surface area (Å²) in [5, 5.41) is 8.11. The van der Waals surface area contributed by atoms with Crippen LogP contribution in [0, 0.1) is 6.92 Å². The molecular weight excluding hydrogens is 306 g/mol. The molecular formula is C14H15N3O4S. The first kappa shape index (κ1) is 15.9. The number of nitrogen functional groups attached to an aromatic ring is 1. The number of hydrogen-bond acceptors (Lipinski definition) is 6. The van der Waals surface area contributed by atoms with E-state index in [1.807, 2.05) is 6.92 Å². The van der Waals surface area contributed by atoms with Gasteiger partial charge in [0.05, 0.1) is 29.1 Å². The van der Waals surface area contributed by atoms with Gasteiger partial charge < -0.3 is 10.5 Å². The largest absolute Gasteiger partial charge is 0.495 e. The first-order valence-corrected chi connectivity index (χ1v) is 7.68. The average molecular weight is 321 g/mol. The second-order valence-corrected chi connectivity index (χ2v) is 5.97. The molecule has 0 saturated heterocycles. The van der Waals surface area contributed by atoms with Crippen LogP contribution in [-0.4, -0.2) is 20.1 Å². The van der Waals surface area contributed by atoms with Gasteiger partial charge in [-0.3, -0.25) is 4.55 Å². The van der Waals surface area contributed by atoms with E-state index in [9.17, 15) is 8.42 Å². The number of nitrogens with two attached hydrogens (primary N) is 1. The predicted molar refractivity (Wildman–Crippen MR) is 82.6 cm³/mol. The fraction of sp³-hybridized carbons (Fsp3) is 0.143. The van der Waals surface area contributed by atoms with Crippen LogP contribution in [0.3, 0.4) is 0 Å². The third kappa shape index (κ3) is 3.60. The van der Waals surface area contributed by atoms with E-state index >= 15 is 0 Å². The Morgan fingerprint density at radius 2 is 1.77 bits per heavy atom. The van der Waals surface area contributed by atoms with Crippen LogP contribution in [0.15, 0.2) is 51.5 Å². The van der Waals surface area contributed by atoms with Crippen LogP contribution in [0.4, 0.5) is 17.1 Å². The van der Waals surface area contributed by atoms with Gasteiger partial charge >= 0.3 is 0 Å². The molecule has 2 rings (SSSR count). The van der Waals surface area contributed by atoms with Crippen molar-refractivity contribution in [3.63, 3.8) is 0 Å². The molecule has 2 aromatic rings. The van der Waals surface area contributed by atoms with Crippen molar-refractivity contribution in [1.29, 1.82) is 0 Å². The van der Waals surface area contributed by atoms with Crippen molar-refractivity contribution < 1.29 is 17.7 Å². The molecule has 7 nitrogen and oxygen atoms in total. The number of hydrogen-bond donors (Lipinski definition) is 2. The highest BCUT2D eigenvalue weighted by molar-refractivity contribution is 7.85. The van der Waals surface area contributed by atoms with Gasteiger partial charge in [-0.25, -0.2) is 0 Å². The van der Waals surface area contributed by atoms with Crippen molar-refractivity contribution in [2.45, 2.75) is 11.8 Å². The molecule has 0 atom stereocenters. The summed E-state index contributed by atoms with van der Waals surface area (Å²) >= 11 is 0. The fourth-order valence-electron chi connectivity index (χ4n) is 1.78. The van der Waals surface area contributed by atoms with E-state index in [-0.39, 0.29) is 4.90 Å². The van der Waals surface area contributed by atoms with Gasteiger partial charge in [0, 0.05) is 6.07 Å². The van der Waals surface area contributed by atoms with Gasteiger partial charge in [-0.05, 0) is 42.8 Å². The molecule has 2 aromatic carbocycles. The standard InChI is InChI=1S/C14H15N3O4S/c1-9-7-12(15)14(21-2)8-13(9)17-16-10-3-5-11(6-4-10)22(18,19)20/h3-8H,15H2,1-2H3,(H,18,19,20). The predicted octanol–water partition coefficient (Wildman–Crippen LogP) is 3.25. The summed E-state index contributed by atoms with van der Waals surface area (Å²) in [4.78, 5) is -0.197. The maximum Gasteiger partial charge on any atom is 0.294 e. The number of benzene rings is 2. The lowest BCUT2D eigenvalue weighted by Crippen LogP contribution is -1.96. The zero-order chi connectivity index (χ0) is 16.3. The number of anilines is 1. The first-order valence-electron chi connectivity index (χ1n) is 6.24. The second-order valence-electron chi connectivity index (χ2n) is 4.55. The molecule has 0 aliphatic carbocycles. The van der Waals surface area contributed by atoms with Crippen LogP contribution in [0.5, 0.6) is 5.75 Å². The lowest BCUT2D eigenvalue weighted by Gasteiger charge is -2.07. The number of ether oxygens (including phenoxy) is 1. The molecule has 0 aliphatic rings. The van der Waals surface area contributed by atoms with E-state index in [1.54, 1.807) is 12.1 Å². The van der Waals surface area contributed by atoms with E-state index in [4.69, 9.17) is 15.0 Å².